The molecule has 0 radical (unpaired) electrons. The van der Waals surface area contributed by atoms with Crippen LogP contribution in [0.2, 0.25) is 0 Å². The molecule has 1 heterocycles. The Balaban J connectivity index is 2.45. The maximum Gasteiger partial charge on any atom is 0.130 e. The molecule has 2 rings (SSSR count). The Morgan fingerprint density at radius 3 is 2.64 bits per heavy atom. The van der Waals surface area contributed by atoms with Crippen LogP contribution in [0.3, 0.4) is 0 Å². The van der Waals surface area contributed by atoms with Gasteiger partial charge in [-0.1, -0.05) is 37.4 Å². The largest absolute Gasteiger partial charge is 0.457 e. The van der Waals surface area contributed by atoms with Crippen LogP contribution in [0.1, 0.15) is 5.56 Å². The molecule has 0 unspecified atom stereocenters. The van der Waals surface area contributed by atoms with Crippen molar-refractivity contribution in [3.63, 3.8) is 0 Å². The van der Waals surface area contributed by atoms with Crippen LogP contribution < -0.4 is 4.74 Å². The van der Waals surface area contributed by atoms with E-state index in [2.05, 4.69) is 19.2 Å². The summed E-state index contributed by atoms with van der Waals surface area (Å²) in [5.74, 6) is 1.74. The summed E-state index contributed by atoms with van der Waals surface area (Å²) in [5.41, 5.74) is 2.30. The molecule has 0 spiro atoms. The Labute approximate surface area is 84.0 Å². The quantitative estimate of drug-likeness (QED) is 0.685. The second-order valence-corrected chi connectivity index (χ2v) is 3.18. The highest BCUT2D eigenvalue weighted by atomic mass is 16.5. The first kappa shape index (κ1) is 8.82. The number of rotatable bonds is 2. The van der Waals surface area contributed by atoms with Crippen molar-refractivity contribution in [3.05, 3.63) is 66.5 Å². The van der Waals surface area contributed by atoms with Crippen LogP contribution in [0.4, 0.5) is 0 Å². The maximum absolute atomic E-state index is 5.67. The van der Waals surface area contributed by atoms with E-state index >= 15 is 0 Å². The van der Waals surface area contributed by atoms with Crippen molar-refractivity contribution in [2.45, 2.75) is 6.42 Å². The predicted molar refractivity (Wildman–Crippen MR) is 58.2 cm³/mol. The Morgan fingerprint density at radius 2 is 1.93 bits per heavy atom. The summed E-state index contributed by atoms with van der Waals surface area (Å²) >= 11 is 0. The summed E-state index contributed by atoms with van der Waals surface area (Å²) in [6.45, 7) is 7.49. The van der Waals surface area contributed by atoms with E-state index in [-0.39, 0.29) is 0 Å². The third-order valence-corrected chi connectivity index (χ3v) is 2.32. The zero-order valence-corrected chi connectivity index (χ0v) is 7.99. The van der Waals surface area contributed by atoms with E-state index in [4.69, 9.17) is 4.74 Å². The second kappa shape index (κ2) is 3.54. The van der Waals surface area contributed by atoms with Crippen molar-refractivity contribution in [3.8, 4) is 5.75 Å². The Hall–Kier alpha value is -1.76. The highest BCUT2D eigenvalue weighted by Crippen LogP contribution is 2.30. The molecule has 0 aliphatic carbocycles. The van der Waals surface area contributed by atoms with Crippen LogP contribution in [0.25, 0.3) is 0 Å². The molecule has 1 heteroatoms. The fourth-order valence-corrected chi connectivity index (χ4v) is 1.57. The molecule has 1 aliphatic rings. The number of para-hydroxylation sites is 1. The number of hydrogen-bond donors (Lipinski definition) is 0. The number of allylic oxidation sites excluding steroid dienone is 3. The van der Waals surface area contributed by atoms with Gasteiger partial charge in [0.1, 0.15) is 11.5 Å². The normalized spacial score (nSPS) is 14.3. The summed E-state index contributed by atoms with van der Waals surface area (Å²) in [6.07, 6.45) is 4.43. The lowest BCUT2D eigenvalue weighted by molar-refractivity contribution is 0.423. The van der Waals surface area contributed by atoms with Crippen molar-refractivity contribution < 1.29 is 4.74 Å². The second-order valence-electron chi connectivity index (χ2n) is 3.18. The van der Waals surface area contributed by atoms with Gasteiger partial charge in [0.25, 0.3) is 0 Å². The van der Waals surface area contributed by atoms with E-state index in [0.29, 0.717) is 0 Å². The zero-order valence-electron chi connectivity index (χ0n) is 7.99. The van der Waals surface area contributed by atoms with E-state index in [1.54, 1.807) is 6.08 Å². The van der Waals surface area contributed by atoms with Crippen LogP contribution in [0.5, 0.6) is 5.75 Å². The molecule has 70 valence electrons. The van der Waals surface area contributed by atoms with Gasteiger partial charge in [0.05, 0.1) is 0 Å². The summed E-state index contributed by atoms with van der Waals surface area (Å²) in [7, 11) is 0. The van der Waals surface area contributed by atoms with Crippen LogP contribution in [-0.4, -0.2) is 0 Å². The molecule has 0 amide bonds. The van der Waals surface area contributed by atoms with Crippen LogP contribution in [0, 0.1) is 0 Å². The first-order valence-corrected chi connectivity index (χ1v) is 4.59. The third-order valence-electron chi connectivity index (χ3n) is 2.32. The van der Waals surface area contributed by atoms with Crippen molar-refractivity contribution in [2.75, 3.05) is 0 Å². The van der Waals surface area contributed by atoms with Crippen molar-refractivity contribution in [1.29, 1.82) is 0 Å². The van der Waals surface area contributed by atoms with Crippen molar-refractivity contribution in [2.24, 2.45) is 0 Å². The number of benzene rings is 1. The summed E-state index contributed by atoms with van der Waals surface area (Å²) in [4.78, 5) is 0. The molecule has 0 atom stereocenters. The average Bonchev–Trinajstić information content (AvgIpc) is 2.27. The smallest absolute Gasteiger partial charge is 0.130 e. The fourth-order valence-electron chi connectivity index (χ4n) is 1.57. The van der Waals surface area contributed by atoms with Gasteiger partial charge in [-0.2, -0.15) is 0 Å². The molecular weight excluding hydrogens is 172 g/mol. The van der Waals surface area contributed by atoms with Gasteiger partial charge >= 0.3 is 0 Å². The minimum atomic E-state index is 0.818. The molecule has 0 fully saturated rings. The van der Waals surface area contributed by atoms with Crippen molar-refractivity contribution in [1.82, 2.24) is 0 Å². The molecule has 1 aromatic rings. The van der Waals surface area contributed by atoms with Gasteiger partial charge in [0.2, 0.25) is 0 Å². The van der Waals surface area contributed by atoms with Crippen LogP contribution >= 0.6 is 0 Å². The van der Waals surface area contributed by atoms with Gasteiger partial charge in [-0.25, -0.2) is 0 Å². The first-order chi connectivity index (χ1) is 6.85. The lowest BCUT2D eigenvalue weighted by Crippen LogP contribution is -2.07. The predicted octanol–water partition coefficient (Wildman–Crippen LogP) is 3.25. The van der Waals surface area contributed by atoms with Gasteiger partial charge in [0, 0.05) is 6.42 Å². The molecule has 1 nitrogen and oxygen atoms in total. The number of hydrogen-bond acceptors (Lipinski definition) is 1. The van der Waals surface area contributed by atoms with E-state index in [1.165, 1.54) is 5.56 Å². The highest BCUT2D eigenvalue weighted by molar-refractivity contribution is 5.46. The number of fused-ring (bicyclic) bond motifs is 1. The molecule has 0 aromatic heterocycles. The fraction of sp³-hybridized carbons (Fsp3) is 0.0769. The molecule has 0 bridgehead atoms. The van der Waals surface area contributed by atoms with E-state index in [1.807, 2.05) is 24.3 Å². The summed E-state index contributed by atoms with van der Waals surface area (Å²) in [5, 5.41) is 0. The molecule has 14 heavy (non-hydrogen) atoms. The van der Waals surface area contributed by atoms with Gasteiger partial charge in [-0.15, -0.1) is 0 Å². The lowest BCUT2D eigenvalue weighted by atomic mass is 10.0. The summed E-state index contributed by atoms with van der Waals surface area (Å²) < 4.78 is 5.67. The van der Waals surface area contributed by atoms with Crippen LogP contribution in [-0.2, 0) is 6.42 Å². The Kier molecular flexibility index (Phi) is 2.23. The molecule has 1 aliphatic heterocycles. The molecule has 0 saturated heterocycles. The number of ether oxygens (including phenoxy) is 1. The topological polar surface area (TPSA) is 9.23 Å². The SMILES string of the molecule is C=CC1=C(C=C)Oc2ccccc2C1. The van der Waals surface area contributed by atoms with Crippen LogP contribution in [0.15, 0.2) is 60.9 Å². The minimum Gasteiger partial charge on any atom is -0.457 e. The zero-order chi connectivity index (χ0) is 9.97. The molecule has 0 saturated carbocycles. The molecular formula is C13H12O. The standard InChI is InChI=1S/C13H12O/c1-3-10-9-11-7-5-6-8-13(11)14-12(10)4-2/h3-8H,1-2,9H2. The van der Waals surface area contributed by atoms with Gasteiger partial charge < -0.3 is 4.74 Å². The van der Waals surface area contributed by atoms with Gasteiger partial charge in [-0.3, -0.25) is 0 Å². The maximum atomic E-state index is 5.67. The minimum absolute atomic E-state index is 0.818. The van der Waals surface area contributed by atoms with Crippen molar-refractivity contribution >= 4 is 0 Å². The third kappa shape index (κ3) is 1.37. The van der Waals surface area contributed by atoms with E-state index in [0.717, 1.165) is 23.5 Å². The summed E-state index contributed by atoms with van der Waals surface area (Å²) in [6, 6.07) is 8.03. The Bertz CT molecular complexity index is 374. The first-order valence-electron chi connectivity index (χ1n) is 4.59. The average molecular weight is 184 g/mol. The highest BCUT2D eigenvalue weighted by Gasteiger charge is 2.14. The van der Waals surface area contributed by atoms with E-state index < -0.39 is 0 Å². The molecule has 0 N–H and O–H groups in total. The Morgan fingerprint density at radius 1 is 1.14 bits per heavy atom. The van der Waals surface area contributed by atoms with E-state index in [9.17, 15) is 0 Å². The van der Waals surface area contributed by atoms with Gasteiger partial charge in [-0.05, 0) is 23.3 Å². The monoisotopic (exact) mass is 184 g/mol. The van der Waals surface area contributed by atoms with Gasteiger partial charge in [0.15, 0.2) is 0 Å². The molecule has 1 aromatic carbocycles. The lowest BCUT2D eigenvalue weighted by Gasteiger charge is -2.19.